The van der Waals surface area contributed by atoms with Gasteiger partial charge in [0.15, 0.2) is 5.69 Å². The second-order valence-electron chi connectivity index (χ2n) is 6.35. The second kappa shape index (κ2) is 8.32. The van der Waals surface area contributed by atoms with Crippen molar-refractivity contribution in [2.45, 2.75) is 19.1 Å². The lowest BCUT2D eigenvalue weighted by atomic mass is 10.0. The van der Waals surface area contributed by atoms with E-state index < -0.39 is 11.9 Å². The predicted octanol–water partition coefficient (Wildman–Crippen LogP) is 3.14. The SMILES string of the molecule is Cl.O=C(c1n[nH]c2c1CNCC2)N1CCOC(c2cc(F)c(Cl)cc2Cl)C1. The van der Waals surface area contributed by atoms with Crippen LogP contribution in [0, 0.1) is 5.82 Å². The van der Waals surface area contributed by atoms with E-state index in [4.69, 9.17) is 27.9 Å². The molecule has 3 heterocycles. The number of fused-ring (bicyclic) bond motifs is 1. The van der Waals surface area contributed by atoms with Crippen molar-refractivity contribution in [3.63, 3.8) is 0 Å². The van der Waals surface area contributed by atoms with Crippen LogP contribution >= 0.6 is 35.6 Å². The molecule has 0 aliphatic carbocycles. The molecule has 2 aliphatic heterocycles. The molecule has 6 nitrogen and oxygen atoms in total. The van der Waals surface area contributed by atoms with Gasteiger partial charge in [-0.2, -0.15) is 5.10 Å². The van der Waals surface area contributed by atoms with Crippen LogP contribution in [0.1, 0.15) is 33.4 Å². The number of aromatic nitrogens is 2. The van der Waals surface area contributed by atoms with Crippen molar-refractivity contribution in [3.05, 3.63) is 50.5 Å². The van der Waals surface area contributed by atoms with Gasteiger partial charge in [0.2, 0.25) is 0 Å². The Hall–Kier alpha value is -1.38. The average Bonchev–Trinajstić information content (AvgIpc) is 3.08. The highest BCUT2D eigenvalue weighted by Gasteiger charge is 2.31. The summed E-state index contributed by atoms with van der Waals surface area (Å²) in [6.07, 6.45) is 0.306. The van der Waals surface area contributed by atoms with Crippen molar-refractivity contribution >= 4 is 41.5 Å². The predicted molar refractivity (Wildman–Crippen MR) is 102 cm³/mol. The molecule has 1 aromatic heterocycles. The minimum atomic E-state index is -0.564. The van der Waals surface area contributed by atoms with E-state index in [2.05, 4.69) is 15.5 Å². The van der Waals surface area contributed by atoms with Crippen LogP contribution in [0.3, 0.4) is 0 Å². The molecule has 1 atom stereocenters. The van der Waals surface area contributed by atoms with Crippen molar-refractivity contribution in [3.8, 4) is 0 Å². The largest absolute Gasteiger partial charge is 0.370 e. The molecule has 1 aromatic carbocycles. The molecule has 1 saturated heterocycles. The number of carbonyl (C=O) groups is 1. The Morgan fingerprint density at radius 1 is 1.33 bits per heavy atom. The van der Waals surface area contributed by atoms with Gasteiger partial charge < -0.3 is 15.0 Å². The number of morpholine rings is 1. The maximum Gasteiger partial charge on any atom is 0.274 e. The Bertz CT molecular complexity index is 861. The molecule has 0 spiro atoms. The lowest BCUT2D eigenvalue weighted by Gasteiger charge is -2.33. The summed E-state index contributed by atoms with van der Waals surface area (Å²) in [5.41, 5.74) is 2.83. The number of rotatable bonds is 2. The highest BCUT2D eigenvalue weighted by atomic mass is 35.5. The maximum atomic E-state index is 13.8. The number of amides is 1. The molecular weight excluding hydrogens is 418 g/mol. The van der Waals surface area contributed by atoms with Crippen LogP contribution < -0.4 is 5.32 Å². The van der Waals surface area contributed by atoms with E-state index in [0.717, 1.165) is 24.2 Å². The molecule has 1 fully saturated rings. The Morgan fingerprint density at radius 2 is 2.15 bits per heavy atom. The molecule has 10 heteroatoms. The Kier molecular flexibility index (Phi) is 6.28. The molecule has 0 bridgehead atoms. The molecular formula is C17H18Cl3FN4O2. The molecule has 0 radical (unpaired) electrons. The zero-order valence-electron chi connectivity index (χ0n) is 14.2. The second-order valence-corrected chi connectivity index (χ2v) is 7.17. The van der Waals surface area contributed by atoms with Gasteiger partial charge in [-0.1, -0.05) is 23.2 Å². The molecule has 27 heavy (non-hydrogen) atoms. The first-order valence-corrected chi connectivity index (χ1v) is 9.12. The van der Waals surface area contributed by atoms with Crippen molar-refractivity contribution in [1.82, 2.24) is 20.4 Å². The third-order valence-electron chi connectivity index (χ3n) is 4.75. The third-order valence-corrected chi connectivity index (χ3v) is 5.37. The number of nitrogens with zero attached hydrogens (tertiary/aromatic N) is 2. The maximum absolute atomic E-state index is 13.8. The van der Waals surface area contributed by atoms with Crippen molar-refractivity contribution in [2.24, 2.45) is 0 Å². The Labute approximate surface area is 171 Å². The lowest BCUT2D eigenvalue weighted by Crippen LogP contribution is -2.43. The van der Waals surface area contributed by atoms with Gasteiger partial charge in [-0.15, -0.1) is 12.4 Å². The average molecular weight is 436 g/mol. The van der Waals surface area contributed by atoms with Gasteiger partial charge in [-0.25, -0.2) is 4.39 Å². The van der Waals surface area contributed by atoms with Gasteiger partial charge in [0, 0.05) is 47.9 Å². The van der Waals surface area contributed by atoms with Gasteiger partial charge in [0.05, 0.1) is 18.2 Å². The standard InChI is InChI=1S/C17H17Cl2FN4O2.ClH/c18-11-6-12(19)13(20)5-9(11)15-8-24(3-4-26-15)17(25)16-10-7-21-2-1-14(10)22-23-16;/h5-6,15,21H,1-4,7-8H2,(H,22,23);1H. The quantitative estimate of drug-likeness (QED) is 0.711. The smallest absolute Gasteiger partial charge is 0.274 e. The molecule has 146 valence electrons. The fourth-order valence-corrected chi connectivity index (χ4v) is 3.86. The van der Waals surface area contributed by atoms with Gasteiger partial charge in [-0.05, 0) is 12.1 Å². The summed E-state index contributed by atoms with van der Waals surface area (Å²) in [5, 5.41) is 10.7. The van der Waals surface area contributed by atoms with Crippen LogP contribution in [-0.4, -0.2) is 47.2 Å². The summed E-state index contributed by atoms with van der Waals surface area (Å²) < 4.78 is 19.6. The van der Waals surface area contributed by atoms with Crippen LogP contribution in [0.2, 0.25) is 10.0 Å². The number of H-pyrrole nitrogens is 1. The van der Waals surface area contributed by atoms with Crippen molar-refractivity contribution in [2.75, 3.05) is 26.2 Å². The number of carbonyl (C=O) groups excluding carboxylic acids is 1. The zero-order valence-corrected chi connectivity index (χ0v) is 16.6. The van der Waals surface area contributed by atoms with E-state index in [0.29, 0.717) is 36.0 Å². The monoisotopic (exact) mass is 434 g/mol. The minimum absolute atomic E-state index is 0. The molecule has 2 N–H and O–H groups in total. The summed E-state index contributed by atoms with van der Waals surface area (Å²) in [6, 6.07) is 2.62. The van der Waals surface area contributed by atoms with Gasteiger partial charge in [0.25, 0.3) is 5.91 Å². The van der Waals surface area contributed by atoms with Crippen molar-refractivity contribution < 1.29 is 13.9 Å². The molecule has 1 amide bonds. The molecule has 0 saturated carbocycles. The van der Waals surface area contributed by atoms with Crippen molar-refractivity contribution in [1.29, 1.82) is 0 Å². The van der Waals surface area contributed by atoms with E-state index >= 15 is 0 Å². The number of hydrogen-bond acceptors (Lipinski definition) is 4. The Balaban J connectivity index is 0.00000210. The first-order chi connectivity index (χ1) is 12.5. The number of nitrogens with one attached hydrogen (secondary N) is 2. The molecule has 2 aliphatic rings. The van der Waals surface area contributed by atoms with Crippen LogP contribution in [0.5, 0.6) is 0 Å². The van der Waals surface area contributed by atoms with Gasteiger partial charge >= 0.3 is 0 Å². The third kappa shape index (κ3) is 3.93. The van der Waals surface area contributed by atoms with E-state index in [-0.39, 0.29) is 29.9 Å². The summed E-state index contributed by atoms with van der Waals surface area (Å²) in [7, 11) is 0. The summed E-state index contributed by atoms with van der Waals surface area (Å²) in [5.74, 6) is -0.726. The number of aromatic amines is 1. The number of halogens is 4. The highest BCUT2D eigenvalue weighted by molar-refractivity contribution is 6.35. The molecule has 4 rings (SSSR count). The topological polar surface area (TPSA) is 70.2 Å². The fraction of sp³-hybridized carbons (Fsp3) is 0.412. The lowest BCUT2D eigenvalue weighted by molar-refractivity contribution is -0.0231. The summed E-state index contributed by atoms with van der Waals surface area (Å²) in [4.78, 5) is 14.6. The van der Waals surface area contributed by atoms with Gasteiger partial charge in [0.1, 0.15) is 11.9 Å². The fourth-order valence-electron chi connectivity index (χ4n) is 3.36. The summed E-state index contributed by atoms with van der Waals surface area (Å²) in [6.45, 7) is 2.53. The number of hydrogen-bond donors (Lipinski definition) is 2. The van der Waals surface area contributed by atoms with E-state index in [1.807, 2.05) is 0 Å². The van der Waals surface area contributed by atoms with E-state index in [1.54, 1.807) is 4.90 Å². The number of benzene rings is 1. The molecule has 1 unspecified atom stereocenters. The van der Waals surface area contributed by atoms with Crippen LogP contribution in [0.25, 0.3) is 0 Å². The zero-order chi connectivity index (χ0) is 18.3. The Morgan fingerprint density at radius 3 is 2.96 bits per heavy atom. The minimum Gasteiger partial charge on any atom is -0.370 e. The van der Waals surface area contributed by atoms with Gasteiger partial charge in [-0.3, -0.25) is 9.89 Å². The summed E-state index contributed by atoms with van der Waals surface area (Å²) >= 11 is 12.0. The van der Waals surface area contributed by atoms with Crippen LogP contribution in [0.15, 0.2) is 12.1 Å². The normalized spacial score (nSPS) is 19.4. The molecule has 2 aromatic rings. The first-order valence-electron chi connectivity index (χ1n) is 8.36. The number of ether oxygens (including phenoxy) is 1. The first kappa shape index (κ1) is 20.4. The highest BCUT2D eigenvalue weighted by Crippen LogP contribution is 2.33. The van der Waals surface area contributed by atoms with E-state index in [9.17, 15) is 9.18 Å². The van der Waals surface area contributed by atoms with Crippen LogP contribution in [-0.2, 0) is 17.7 Å². The van der Waals surface area contributed by atoms with Crippen LogP contribution in [0.4, 0.5) is 4.39 Å². The van der Waals surface area contributed by atoms with E-state index in [1.165, 1.54) is 12.1 Å².